The molecule has 2 aromatic carbocycles. The normalized spacial score (nSPS) is 10.7. The Morgan fingerprint density at radius 1 is 1.23 bits per heavy atom. The number of nitro groups is 1. The van der Waals surface area contributed by atoms with Gasteiger partial charge in [0.05, 0.1) is 10.6 Å². The van der Waals surface area contributed by atoms with Crippen molar-refractivity contribution in [1.82, 2.24) is 0 Å². The van der Waals surface area contributed by atoms with Gasteiger partial charge in [-0.25, -0.2) is 0 Å². The van der Waals surface area contributed by atoms with Gasteiger partial charge in [0.25, 0.3) is 5.69 Å². The van der Waals surface area contributed by atoms with Crippen molar-refractivity contribution in [2.24, 2.45) is 0 Å². The number of alkyl halides is 2. The average Bonchev–Trinajstić information content (AvgIpc) is 2.60. The molecule has 7 nitrogen and oxygen atoms in total. The number of ether oxygens (including phenoxy) is 2. The maximum atomic E-state index is 12.4. The van der Waals surface area contributed by atoms with Crippen LogP contribution in [-0.2, 0) is 4.79 Å². The third-order valence-electron chi connectivity index (χ3n) is 3.01. The van der Waals surface area contributed by atoms with Crippen LogP contribution in [0.2, 0.25) is 0 Å². The molecule has 0 fully saturated rings. The van der Waals surface area contributed by atoms with Gasteiger partial charge in [-0.05, 0) is 24.3 Å². The molecule has 0 aromatic heterocycles. The molecular weight excluding hydrogens is 350 g/mol. The fourth-order valence-electron chi connectivity index (χ4n) is 1.92. The van der Waals surface area contributed by atoms with E-state index in [1.807, 2.05) is 6.07 Å². The molecule has 0 unspecified atom stereocenters. The largest absolute Gasteiger partial charge is 0.490 e. The number of hydrogen-bond donors (Lipinski definition) is 1. The number of nitrogens with zero attached hydrogens (tertiary/aromatic N) is 1. The van der Waals surface area contributed by atoms with Crippen LogP contribution in [0.3, 0.4) is 0 Å². The predicted molar refractivity (Wildman–Crippen MR) is 89.4 cm³/mol. The molecule has 0 aliphatic rings. The van der Waals surface area contributed by atoms with Gasteiger partial charge in [0, 0.05) is 18.2 Å². The fourth-order valence-corrected chi connectivity index (χ4v) is 1.92. The van der Waals surface area contributed by atoms with E-state index < -0.39 is 17.4 Å². The van der Waals surface area contributed by atoms with Crippen LogP contribution in [-0.4, -0.2) is 24.0 Å². The van der Waals surface area contributed by atoms with Crippen molar-refractivity contribution in [3.05, 3.63) is 70.8 Å². The van der Waals surface area contributed by atoms with Crippen LogP contribution in [0.15, 0.2) is 60.7 Å². The molecule has 2 aromatic rings. The smallest absolute Gasteiger partial charge is 0.387 e. The average molecular weight is 364 g/mol. The summed E-state index contributed by atoms with van der Waals surface area (Å²) in [5.41, 5.74) is -0.614. The highest BCUT2D eigenvalue weighted by atomic mass is 19.3. The Hall–Kier alpha value is -3.49. The molecule has 0 aliphatic heterocycles. The Labute approximate surface area is 147 Å². The standard InChI is InChI=1S/C17H14F2N2O5/c18-17(19)26-15-9-8-12(21(23)24)11-14(15)20-16(22)7-4-10-25-13-5-2-1-3-6-13/h1-9,11,17H,10H2,(H,20,22)/b7-4+. The van der Waals surface area contributed by atoms with Crippen molar-refractivity contribution in [2.45, 2.75) is 6.61 Å². The first-order valence-electron chi connectivity index (χ1n) is 7.34. The van der Waals surface area contributed by atoms with Gasteiger partial charge in [-0.2, -0.15) is 8.78 Å². The number of carbonyl (C=O) groups is 1. The van der Waals surface area contributed by atoms with E-state index in [0.717, 1.165) is 24.3 Å². The third kappa shape index (κ3) is 5.86. The highest BCUT2D eigenvalue weighted by Crippen LogP contribution is 2.30. The molecule has 0 aliphatic carbocycles. The highest BCUT2D eigenvalue weighted by molar-refractivity contribution is 6.00. The SMILES string of the molecule is O=C(/C=C/COc1ccccc1)Nc1cc([N+](=O)[O-])ccc1OC(F)F. The quantitative estimate of drug-likeness (QED) is 0.437. The maximum Gasteiger partial charge on any atom is 0.387 e. The van der Waals surface area contributed by atoms with Crippen LogP contribution in [0.4, 0.5) is 20.2 Å². The van der Waals surface area contributed by atoms with E-state index in [9.17, 15) is 23.7 Å². The van der Waals surface area contributed by atoms with E-state index in [4.69, 9.17) is 4.74 Å². The van der Waals surface area contributed by atoms with Gasteiger partial charge in [-0.15, -0.1) is 0 Å². The number of amides is 1. The van der Waals surface area contributed by atoms with Crippen molar-refractivity contribution in [1.29, 1.82) is 0 Å². The Balaban J connectivity index is 2.00. The summed E-state index contributed by atoms with van der Waals surface area (Å²) in [6.07, 6.45) is 2.53. The number of para-hydroxylation sites is 1. The summed E-state index contributed by atoms with van der Waals surface area (Å²) < 4.78 is 34.4. The number of rotatable bonds is 8. The monoisotopic (exact) mass is 364 g/mol. The Morgan fingerprint density at radius 3 is 2.62 bits per heavy atom. The lowest BCUT2D eigenvalue weighted by Gasteiger charge is -2.10. The summed E-state index contributed by atoms with van der Waals surface area (Å²) in [5, 5.41) is 13.1. The van der Waals surface area contributed by atoms with E-state index in [-0.39, 0.29) is 23.7 Å². The maximum absolute atomic E-state index is 12.4. The van der Waals surface area contributed by atoms with Crippen LogP contribution < -0.4 is 14.8 Å². The van der Waals surface area contributed by atoms with E-state index in [0.29, 0.717) is 5.75 Å². The first-order chi connectivity index (χ1) is 12.5. The van der Waals surface area contributed by atoms with Gasteiger partial charge in [-0.3, -0.25) is 14.9 Å². The second kappa shape index (κ2) is 9.11. The molecule has 0 atom stereocenters. The lowest BCUT2D eigenvalue weighted by molar-refractivity contribution is -0.384. The first kappa shape index (κ1) is 18.8. The fraction of sp³-hybridized carbons (Fsp3) is 0.118. The molecule has 0 saturated carbocycles. The minimum Gasteiger partial charge on any atom is -0.490 e. The lowest BCUT2D eigenvalue weighted by Crippen LogP contribution is -2.12. The van der Waals surface area contributed by atoms with E-state index in [1.54, 1.807) is 24.3 Å². The number of nitro benzene ring substituents is 1. The van der Waals surface area contributed by atoms with Crippen molar-refractivity contribution < 1.29 is 28.0 Å². The first-order valence-corrected chi connectivity index (χ1v) is 7.34. The van der Waals surface area contributed by atoms with Crippen LogP contribution >= 0.6 is 0 Å². The molecule has 9 heteroatoms. The molecule has 0 heterocycles. The zero-order valence-corrected chi connectivity index (χ0v) is 13.3. The van der Waals surface area contributed by atoms with Gasteiger partial charge in [0.15, 0.2) is 0 Å². The van der Waals surface area contributed by atoms with Gasteiger partial charge in [-0.1, -0.05) is 18.2 Å². The molecule has 0 spiro atoms. The van der Waals surface area contributed by atoms with E-state index >= 15 is 0 Å². The predicted octanol–water partition coefficient (Wildman–Crippen LogP) is 3.77. The van der Waals surface area contributed by atoms with Gasteiger partial charge < -0.3 is 14.8 Å². The van der Waals surface area contributed by atoms with Crippen LogP contribution in [0.25, 0.3) is 0 Å². The second-order valence-corrected chi connectivity index (χ2v) is 4.83. The van der Waals surface area contributed by atoms with Gasteiger partial charge in [0.1, 0.15) is 18.1 Å². The summed E-state index contributed by atoms with van der Waals surface area (Å²) in [6, 6.07) is 11.8. The van der Waals surface area contributed by atoms with Crippen LogP contribution in [0, 0.1) is 10.1 Å². The Morgan fingerprint density at radius 2 is 1.96 bits per heavy atom. The molecular formula is C17H14F2N2O5. The number of benzene rings is 2. The molecule has 1 amide bonds. The minimum atomic E-state index is -3.14. The second-order valence-electron chi connectivity index (χ2n) is 4.83. The molecule has 136 valence electrons. The van der Waals surface area contributed by atoms with E-state index in [1.165, 1.54) is 6.08 Å². The number of carbonyl (C=O) groups excluding carboxylic acids is 1. The summed E-state index contributed by atoms with van der Waals surface area (Å²) in [7, 11) is 0. The number of anilines is 1. The summed E-state index contributed by atoms with van der Waals surface area (Å²) >= 11 is 0. The third-order valence-corrected chi connectivity index (χ3v) is 3.01. The summed E-state index contributed by atoms with van der Waals surface area (Å²) in [5.74, 6) is -0.446. The summed E-state index contributed by atoms with van der Waals surface area (Å²) in [4.78, 5) is 22.0. The number of nitrogens with one attached hydrogen (secondary N) is 1. The number of hydrogen-bond acceptors (Lipinski definition) is 5. The van der Waals surface area contributed by atoms with Crippen LogP contribution in [0.1, 0.15) is 0 Å². The Bertz CT molecular complexity index is 797. The van der Waals surface area contributed by atoms with Gasteiger partial charge in [0.2, 0.25) is 5.91 Å². The highest BCUT2D eigenvalue weighted by Gasteiger charge is 2.16. The number of halogens is 2. The lowest BCUT2D eigenvalue weighted by atomic mass is 10.2. The zero-order chi connectivity index (χ0) is 18.9. The topological polar surface area (TPSA) is 90.7 Å². The zero-order valence-electron chi connectivity index (χ0n) is 13.3. The van der Waals surface area contributed by atoms with Crippen molar-refractivity contribution >= 4 is 17.3 Å². The molecule has 0 radical (unpaired) electrons. The van der Waals surface area contributed by atoms with Crippen molar-refractivity contribution in [3.63, 3.8) is 0 Å². The molecule has 0 bridgehead atoms. The summed E-state index contributed by atoms with van der Waals surface area (Å²) in [6.45, 7) is -3.03. The molecule has 26 heavy (non-hydrogen) atoms. The van der Waals surface area contributed by atoms with Crippen molar-refractivity contribution in [3.8, 4) is 11.5 Å². The molecule has 0 saturated heterocycles. The minimum absolute atomic E-state index is 0.104. The van der Waals surface area contributed by atoms with E-state index in [2.05, 4.69) is 10.1 Å². The molecule has 1 N–H and O–H groups in total. The Kier molecular flexibility index (Phi) is 6.60. The molecule has 2 rings (SSSR count). The van der Waals surface area contributed by atoms with Gasteiger partial charge >= 0.3 is 6.61 Å². The van der Waals surface area contributed by atoms with Crippen LogP contribution in [0.5, 0.6) is 11.5 Å². The number of non-ortho nitro benzene ring substituents is 1. The van der Waals surface area contributed by atoms with Crippen molar-refractivity contribution in [2.75, 3.05) is 11.9 Å².